The zero-order chi connectivity index (χ0) is 13.8. The first kappa shape index (κ1) is 13.5. The minimum absolute atomic E-state index is 0.0299. The van der Waals surface area contributed by atoms with Gasteiger partial charge in [0.05, 0.1) is 0 Å². The quantitative estimate of drug-likeness (QED) is 0.754. The van der Waals surface area contributed by atoms with Crippen molar-refractivity contribution < 1.29 is 9.59 Å². The normalized spacial score (nSPS) is 14.6. The highest BCUT2D eigenvalue weighted by atomic mass is 16.2. The molecular formula is C14H19N3O2. The number of anilines is 1. The SMILES string of the molecule is CNC(=O)c1ccc(NC(=O)CC2CNC2)c(C)c1. The predicted molar refractivity (Wildman–Crippen MR) is 74.2 cm³/mol. The van der Waals surface area contributed by atoms with Crippen molar-refractivity contribution in [3.8, 4) is 0 Å². The number of carbonyl (C=O) groups is 2. The molecule has 0 unspecified atom stereocenters. The van der Waals surface area contributed by atoms with Gasteiger partial charge in [-0.1, -0.05) is 0 Å². The zero-order valence-corrected chi connectivity index (χ0v) is 11.2. The summed E-state index contributed by atoms with van der Waals surface area (Å²) in [4.78, 5) is 23.3. The van der Waals surface area contributed by atoms with Crippen LogP contribution in [0.25, 0.3) is 0 Å². The minimum Gasteiger partial charge on any atom is -0.355 e. The second-order valence-corrected chi connectivity index (χ2v) is 4.89. The van der Waals surface area contributed by atoms with Crippen LogP contribution in [0.3, 0.4) is 0 Å². The number of hydrogen-bond acceptors (Lipinski definition) is 3. The fraction of sp³-hybridized carbons (Fsp3) is 0.429. The minimum atomic E-state index is -0.124. The Balaban J connectivity index is 2.00. The van der Waals surface area contributed by atoms with E-state index in [0.717, 1.165) is 24.3 Å². The Morgan fingerprint density at radius 1 is 1.37 bits per heavy atom. The lowest BCUT2D eigenvalue weighted by molar-refractivity contribution is -0.117. The Labute approximate surface area is 112 Å². The molecule has 1 aromatic rings. The summed E-state index contributed by atoms with van der Waals surface area (Å²) >= 11 is 0. The molecule has 0 atom stereocenters. The van der Waals surface area contributed by atoms with Crippen molar-refractivity contribution in [2.24, 2.45) is 5.92 Å². The molecule has 5 nitrogen and oxygen atoms in total. The van der Waals surface area contributed by atoms with Crippen molar-refractivity contribution >= 4 is 17.5 Å². The number of hydrogen-bond donors (Lipinski definition) is 3. The molecule has 1 saturated heterocycles. The van der Waals surface area contributed by atoms with Crippen molar-refractivity contribution in [2.75, 3.05) is 25.5 Å². The van der Waals surface area contributed by atoms with Crippen molar-refractivity contribution in [2.45, 2.75) is 13.3 Å². The van der Waals surface area contributed by atoms with E-state index in [2.05, 4.69) is 16.0 Å². The fourth-order valence-corrected chi connectivity index (χ4v) is 2.05. The molecule has 2 rings (SSSR count). The first-order valence-corrected chi connectivity index (χ1v) is 6.43. The zero-order valence-electron chi connectivity index (χ0n) is 11.2. The largest absolute Gasteiger partial charge is 0.355 e. The summed E-state index contributed by atoms with van der Waals surface area (Å²) in [6, 6.07) is 5.27. The van der Waals surface area contributed by atoms with E-state index >= 15 is 0 Å². The molecule has 0 saturated carbocycles. The van der Waals surface area contributed by atoms with Gasteiger partial charge in [0.1, 0.15) is 0 Å². The fourth-order valence-electron chi connectivity index (χ4n) is 2.05. The van der Waals surface area contributed by atoms with Crippen molar-refractivity contribution in [3.63, 3.8) is 0 Å². The van der Waals surface area contributed by atoms with E-state index in [0.29, 0.717) is 17.9 Å². The molecule has 1 aliphatic rings. The Kier molecular flexibility index (Phi) is 4.16. The van der Waals surface area contributed by atoms with Crippen LogP contribution in [0.15, 0.2) is 18.2 Å². The topological polar surface area (TPSA) is 70.2 Å². The van der Waals surface area contributed by atoms with Gasteiger partial charge in [0.2, 0.25) is 5.91 Å². The van der Waals surface area contributed by atoms with Crippen molar-refractivity contribution in [3.05, 3.63) is 29.3 Å². The van der Waals surface area contributed by atoms with Crippen molar-refractivity contribution in [1.29, 1.82) is 0 Å². The summed E-state index contributed by atoms with van der Waals surface area (Å²) in [5.41, 5.74) is 2.26. The molecule has 0 aliphatic carbocycles. The molecule has 3 N–H and O–H groups in total. The van der Waals surface area contributed by atoms with E-state index in [-0.39, 0.29) is 11.8 Å². The number of aryl methyl sites for hydroxylation is 1. The van der Waals surface area contributed by atoms with E-state index in [1.807, 2.05) is 6.92 Å². The molecule has 102 valence electrons. The Morgan fingerprint density at radius 2 is 2.11 bits per heavy atom. The molecule has 1 fully saturated rings. The lowest BCUT2D eigenvalue weighted by Crippen LogP contribution is -2.43. The molecule has 0 bridgehead atoms. The number of carbonyl (C=O) groups excluding carboxylic acids is 2. The molecule has 1 aromatic carbocycles. The Hall–Kier alpha value is -1.88. The maximum absolute atomic E-state index is 11.8. The van der Waals surface area contributed by atoms with E-state index in [4.69, 9.17) is 0 Å². The molecule has 2 amide bonds. The highest BCUT2D eigenvalue weighted by molar-refractivity contribution is 5.96. The van der Waals surface area contributed by atoms with Gasteiger partial charge in [0, 0.05) is 24.7 Å². The first-order chi connectivity index (χ1) is 9.10. The third kappa shape index (κ3) is 3.32. The highest BCUT2D eigenvalue weighted by Crippen LogP contribution is 2.18. The average molecular weight is 261 g/mol. The van der Waals surface area contributed by atoms with Crippen LogP contribution in [0.1, 0.15) is 22.3 Å². The molecule has 1 aliphatic heterocycles. The molecule has 0 aromatic heterocycles. The second-order valence-electron chi connectivity index (χ2n) is 4.89. The molecule has 5 heteroatoms. The van der Waals surface area contributed by atoms with Gasteiger partial charge in [0.15, 0.2) is 0 Å². The Bertz CT molecular complexity index is 495. The van der Waals surface area contributed by atoms with Crippen LogP contribution in [0.5, 0.6) is 0 Å². The van der Waals surface area contributed by atoms with Crippen LogP contribution in [0, 0.1) is 12.8 Å². The number of nitrogens with one attached hydrogen (secondary N) is 3. The van der Waals surface area contributed by atoms with Crippen LogP contribution in [-0.2, 0) is 4.79 Å². The summed E-state index contributed by atoms with van der Waals surface area (Å²) in [6.45, 7) is 3.72. The summed E-state index contributed by atoms with van der Waals surface area (Å²) in [5, 5.41) is 8.62. The first-order valence-electron chi connectivity index (χ1n) is 6.43. The molecule has 0 radical (unpaired) electrons. The van der Waals surface area contributed by atoms with Crippen molar-refractivity contribution in [1.82, 2.24) is 10.6 Å². The smallest absolute Gasteiger partial charge is 0.251 e. The molecule has 0 spiro atoms. The van der Waals surface area contributed by atoms with Gasteiger partial charge in [-0.2, -0.15) is 0 Å². The number of amides is 2. The van der Waals surface area contributed by atoms with Gasteiger partial charge < -0.3 is 16.0 Å². The lowest BCUT2D eigenvalue weighted by atomic mass is 9.99. The van der Waals surface area contributed by atoms with Gasteiger partial charge in [-0.3, -0.25) is 9.59 Å². The van der Waals surface area contributed by atoms with E-state index in [1.165, 1.54) is 0 Å². The average Bonchev–Trinajstić information content (AvgIpc) is 2.35. The predicted octanol–water partition coefficient (Wildman–Crippen LogP) is 0.903. The summed E-state index contributed by atoms with van der Waals surface area (Å²) in [6.07, 6.45) is 0.545. The van der Waals surface area contributed by atoms with Crippen LogP contribution < -0.4 is 16.0 Å². The number of rotatable bonds is 4. The summed E-state index contributed by atoms with van der Waals surface area (Å²) in [5.74, 6) is 0.356. The van der Waals surface area contributed by atoms with Crippen LogP contribution in [0.2, 0.25) is 0 Å². The van der Waals surface area contributed by atoms with Gasteiger partial charge in [-0.05, 0) is 49.7 Å². The third-order valence-electron chi connectivity index (χ3n) is 3.33. The van der Waals surface area contributed by atoms with Gasteiger partial charge in [-0.25, -0.2) is 0 Å². The van der Waals surface area contributed by atoms with Crippen LogP contribution >= 0.6 is 0 Å². The van der Waals surface area contributed by atoms with E-state index in [1.54, 1.807) is 25.2 Å². The lowest BCUT2D eigenvalue weighted by Gasteiger charge is -2.26. The molecular weight excluding hydrogens is 242 g/mol. The third-order valence-corrected chi connectivity index (χ3v) is 3.33. The number of benzene rings is 1. The molecule has 19 heavy (non-hydrogen) atoms. The van der Waals surface area contributed by atoms with E-state index < -0.39 is 0 Å². The Morgan fingerprint density at radius 3 is 2.63 bits per heavy atom. The monoisotopic (exact) mass is 261 g/mol. The maximum Gasteiger partial charge on any atom is 0.251 e. The maximum atomic E-state index is 11.8. The molecule has 1 heterocycles. The summed E-state index contributed by atoms with van der Waals surface area (Å²) < 4.78 is 0. The van der Waals surface area contributed by atoms with Gasteiger partial charge >= 0.3 is 0 Å². The standard InChI is InChI=1S/C14H19N3O2/c1-9-5-11(14(19)15-2)3-4-12(9)17-13(18)6-10-7-16-8-10/h3-5,10,16H,6-8H2,1-2H3,(H,15,19)(H,17,18). The van der Waals surface area contributed by atoms with Gasteiger partial charge in [-0.15, -0.1) is 0 Å². The van der Waals surface area contributed by atoms with Crippen LogP contribution in [0.4, 0.5) is 5.69 Å². The van der Waals surface area contributed by atoms with Crippen LogP contribution in [-0.4, -0.2) is 32.0 Å². The van der Waals surface area contributed by atoms with Gasteiger partial charge in [0.25, 0.3) is 5.91 Å². The summed E-state index contributed by atoms with van der Waals surface area (Å²) in [7, 11) is 1.60. The highest BCUT2D eigenvalue weighted by Gasteiger charge is 2.20. The second kappa shape index (κ2) is 5.84. The van der Waals surface area contributed by atoms with E-state index in [9.17, 15) is 9.59 Å².